The van der Waals surface area contributed by atoms with Crippen LogP contribution in [0.4, 0.5) is 4.39 Å². The van der Waals surface area contributed by atoms with Gasteiger partial charge in [0.25, 0.3) is 5.91 Å². The van der Waals surface area contributed by atoms with Crippen molar-refractivity contribution in [2.45, 2.75) is 13.1 Å². The molecule has 0 aliphatic rings. The Bertz CT molecular complexity index is 845. The normalized spacial score (nSPS) is 10.4. The fraction of sp³-hybridized carbons (Fsp3) is 0.190. The standard InChI is InChI=1S/C21H20FNO4/c1-25-18-8-10-19(11-9-18)27-15-21(24)23(14-20-3-2-12-26-20)13-16-4-6-17(22)7-5-16/h2-12H,13-15H2,1H3. The monoisotopic (exact) mass is 369 g/mol. The van der Waals surface area contributed by atoms with Crippen LogP contribution in [0.5, 0.6) is 11.5 Å². The van der Waals surface area contributed by atoms with Gasteiger partial charge in [-0.25, -0.2) is 4.39 Å². The maximum absolute atomic E-state index is 13.1. The Hall–Kier alpha value is -3.28. The van der Waals surface area contributed by atoms with Gasteiger partial charge in [-0.2, -0.15) is 0 Å². The molecule has 5 nitrogen and oxygen atoms in total. The molecule has 27 heavy (non-hydrogen) atoms. The molecule has 0 spiro atoms. The van der Waals surface area contributed by atoms with Gasteiger partial charge >= 0.3 is 0 Å². The van der Waals surface area contributed by atoms with E-state index in [4.69, 9.17) is 13.9 Å². The average Bonchev–Trinajstić information content (AvgIpc) is 3.21. The van der Waals surface area contributed by atoms with Crippen molar-refractivity contribution < 1.29 is 23.1 Å². The number of halogens is 1. The van der Waals surface area contributed by atoms with Gasteiger partial charge in [-0.1, -0.05) is 12.1 Å². The summed E-state index contributed by atoms with van der Waals surface area (Å²) in [7, 11) is 1.58. The summed E-state index contributed by atoms with van der Waals surface area (Å²) in [5.41, 5.74) is 0.820. The first kappa shape index (κ1) is 18.5. The molecule has 0 saturated heterocycles. The van der Waals surface area contributed by atoms with E-state index in [1.54, 1.807) is 66.8 Å². The van der Waals surface area contributed by atoms with Gasteiger partial charge < -0.3 is 18.8 Å². The second kappa shape index (κ2) is 8.89. The van der Waals surface area contributed by atoms with Crippen molar-refractivity contribution in [3.05, 3.63) is 84.1 Å². The molecule has 0 atom stereocenters. The van der Waals surface area contributed by atoms with Crippen LogP contribution in [0.1, 0.15) is 11.3 Å². The largest absolute Gasteiger partial charge is 0.497 e. The van der Waals surface area contributed by atoms with Crippen LogP contribution in [-0.4, -0.2) is 24.5 Å². The predicted molar refractivity (Wildman–Crippen MR) is 97.9 cm³/mol. The van der Waals surface area contributed by atoms with Gasteiger partial charge in [0.05, 0.1) is 19.9 Å². The van der Waals surface area contributed by atoms with Crippen molar-refractivity contribution in [1.29, 1.82) is 0 Å². The molecule has 2 aromatic carbocycles. The highest BCUT2D eigenvalue weighted by atomic mass is 19.1. The second-order valence-electron chi connectivity index (χ2n) is 5.92. The highest BCUT2D eigenvalue weighted by molar-refractivity contribution is 5.77. The predicted octanol–water partition coefficient (Wildman–Crippen LogP) is 4.04. The summed E-state index contributed by atoms with van der Waals surface area (Å²) in [6, 6.07) is 16.6. The summed E-state index contributed by atoms with van der Waals surface area (Å²) in [6.07, 6.45) is 1.56. The number of amides is 1. The second-order valence-corrected chi connectivity index (χ2v) is 5.92. The fourth-order valence-corrected chi connectivity index (χ4v) is 2.54. The quantitative estimate of drug-likeness (QED) is 0.601. The first-order valence-electron chi connectivity index (χ1n) is 8.45. The molecule has 1 heterocycles. The number of methoxy groups -OCH3 is 1. The van der Waals surface area contributed by atoms with Crippen LogP contribution in [0.25, 0.3) is 0 Å². The van der Waals surface area contributed by atoms with Crippen LogP contribution in [0, 0.1) is 5.82 Å². The molecule has 0 N–H and O–H groups in total. The van der Waals surface area contributed by atoms with Crippen LogP contribution < -0.4 is 9.47 Å². The first-order chi connectivity index (χ1) is 13.1. The highest BCUT2D eigenvalue weighted by Gasteiger charge is 2.17. The van der Waals surface area contributed by atoms with Crippen LogP contribution in [0.3, 0.4) is 0 Å². The van der Waals surface area contributed by atoms with Crippen molar-refractivity contribution in [1.82, 2.24) is 4.90 Å². The molecular formula is C21H20FNO4. The van der Waals surface area contributed by atoms with Crippen molar-refractivity contribution in [3.63, 3.8) is 0 Å². The molecule has 1 amide bonds. The van der Waals surface area contributed by atoms with Gasteiger partial charge in [0.1, 0.15) is 23.1 Å². The van der Waals surface area contributed by atoms with Gasteiger partial charge in [-0.05, 0) is 54.1 Å². The number of rotatable bonds is 8. The van der Waals surface area contributed by atoms with Crippen molar-refractivity contribution in [2.75, 3.05) is 13.7 Å². The number of benzene rings is 2. The Balaban J connectivity index is 1.66. The van der Waals surface area contributed by atoms with Gasteiger partial charge in [0, 0.05) is 6.54 Å². The van der Waals surface area contributed by atoms with Gasteiger partial charge in [0.15, 0.2) is 6.61 Å². The Morgan fingerprint density at radius 2 is 1.70 bits per heavy atom. The zero-order valence-corrected chi connectivity index (χ0v) is 14.9. The summed E-state index contributed by atoms with van der Waals surface area (Å²) in [4.78, 5) is 14.3. The number of hydrogen-bond donors (Lipinski definition) is 0. The number of ether oxygens (including phenoxy) is 2. The Morgan fingerprint density at radius 3 is 2.33 bits per heavy atom. The van der Waals surface area contributed by atoms with E-state index < -0.39 is 0 Å². The van der Waals surface area contributed by atoms with Crippen molar-refractivity contribution >= 4 is 5.91 Å². The Morgan fingerprint density at radius 1 is 1.00 bits per heavy atom. The maximum atomic E-state index is 13.1. The Kier molecular flexibility index (Phi) is 6.10. The molecule has 0 unspecified atom stereocenters. The topological polar surface area (TPSA) is 51.9 Å². The lowest BCUT2D eigenvalue weighted by Gasteiger charge is -2.22. The van der Waals surface area contributed by atoms with Gasteiger partial charge in [-0.3, -0.25) is 4.79 Å². The van der Waals surface area contributed by atoms with E-state index in [-0.39, 0.29) is 18.3 Å². The summed E-state index contributed by atoms with van der Waals surface area (Å²) < 4.78 is 29.2. The van der Waals surface area contributed by atoms with Crippen LogP contribution in [0.2, 0.25) is 0 Å². The number of carbonyl (C=O) groups is 1. The van der Waals surface area contributed by atoms with Crippen molar-refractivity contribution in [3.8, 4) is 11.5 Å². The molecule has 140 valence electrons. The lowest BCUT2D eigenvalue weighted by Crippen LogP contribution is -2.34. The summed E-state index contributed by atoms with van der Waals surface area (Å²) >= 11 is 0. The lowest BCUT2D eigenvalue weighted by atomic mass is 10.2. The van der Waals surface area contributed by atoms with E-state index >= 15 is 0 Å². The van der Waals surface area contributed by atoms with Gasteiger partial charge in [-0.15, -0.1) is 0 Å². The number of nitrogens with zero attached hydrogens (tertiary/aromatic N) is 1. The molecule has 1 aromatic heterocycles. The molecule has 3 aromatic rings. The number of carbonyl (C=O) groups excluding carboxylic acids is 1. The Labute approximate surface area is 156 Å². The highest BCUT2D eigenvalue weighted by Crippen LogP contribution is 2.18. The minimum atomic E-state index is -0.314. The summed E-state index contributed by atoms with van der Waals surface area (Å²) in [5, 5.41) is 0. The molecule has 0 fully saturated rings. The average molecular weight is 369 g/mol. The van der Waals surface area contributed by atoms with Crippen molar-refractivity contribution in [2.24, 2.45) is 0 Å². The van der Waals surface area contributed by atoms with E-state index in [1.165, 1.54) is 12.1 Å². The number of furan rings is 1. The smallest absolute Gasteiger partial charge is 0.261 e. The third-order valence-electron chi connectivity index (χ3n) is 3.99. The summed E-state index contributed by atoms with van der Waals surface area (Å²) in [5.74, 6) is 1.43. The van der Waals surface area contributed by atoms with Crippen LogP contribution in [0.15, 0.2) is 71.3 Å². The molecular weight excluding hydrogens is 349 g/mol. The molecule has 0 saturated carbocycles. The third-order valence-corrected chi connectivity index (χ3v) is 3.99. The van der Waals surface area contributed by atoms with Crippen LogP contribution in [-0.2, 0) is 17.9 Å². The number of hydrogen-bond acceptors (Lipinski definition) is 4. The zero-order valence-electron chi connectivity index (χ0n) is 14.9. The molecule has 0 radical (unpaired) electrons. The minimum absolute atomic E-state index is 0.117. The van der Waals surface area contributed by atoms with Gasteiger partial charge in [0.2, 0.25) is 0 Å². The molecule has 0 bridgehead atoms. The summed E-state index contributed by atoms with van der Waals surface area (Å²) in [6.45, 7) is 0.509. The molecule has 0 aliphatic heterocycles. The fourth-order valence-electron chi connectivity index (χ4n) is 2.54. The van der Waals surface area contributed by atoms with Crippen LogP contribution >= 0.6 is 0 Å². The molecule has 3 rings (SSSR count). The lowest BCUT2D eigenvalue weighted by molar-refractivity contribution is -0.134. The SMILES string of the molecule is COc1ccc(OCC(=O)N(Cc2ccc(F)cc2)Cc2ccco2)cc1. The van der Waals surface area contributed by atoms with E-state index in [0.29, 0.717) is 30.3 Å². The molecule has 6 heteroatoms. The van der Waals surface area contributed by atoms with E-state index in [0.717, 1.165) is 5.56 Å². The zero-order chi connectivity index (χ0) is 19.1. The minimum Gasteiger partial charge on any atom is -0.497 e. The maximum Gasteiger partial charge on any atom is 0.261 e. The third kappa shape index (κ3) is 5.34. The molecule has 0 aliphatic carbocycles. The van der Waals surface area contributed by atoms with E-state index in [2.05, 4.69) is 0 Å². The van der Waals surface area contributed by atoms with E-state index in [1.807, 2.05) is 0 Å². The first-order valence-corrected chi connectivity index (χ1v) is 8.45. The van der Waals surface area contributed by atoms with E-state index in [9.17, 15) is 9.18 Å².